The molecule has 0 atom stereocenters. The second-order valence-electron chi connectivity index (χ2n) is 2.96. The Labute approximate surface area is 84.7 Å². The third-order valence-corrected chi connectivity index (χ3v) is 2.98. The molecule has 0 saturated heterocycles. The van der Waals surface area contributed by atoms with E-state index in [1.165, 1.54) is 0 Å². The highest BCUT2D eigenvalue weighted by molar-refractivity contribution is 9.10. The molecule has 0 radical (unpaired) electrons. The van der Waals surface area contributed by atoms with Crippen LogP contribution in [-0.4, -0.2) is 9.38 Å². The average molecular weight is 240 g/mol. The second-order valence-corrected chi connectivity index (χ2v) is 3.71. The highest BCUT2D eigenvalue weighted by Crippen LogP contribution is 2.18. The van der Waals surface area contributed by atoms with E-state index < -0.39 is 0 Å². The summed E-state index contributed by atoms with van der Waals surface area (Å²) in [7, 11) is 0. The number of aryl methyl sites for hydroxylation is 1. The number of halogens is 1. The molecule has 0 spiro atoms. The molecule has 3 nitrogen and oxygen atoms in total. The SMILES string of the molecule is Cc1nc2cc(CN)ccn2c1Br. The van der Waals surface area contributed by atoms with Gasteiger partial charge in [0.15, 0.2) is 0 Å². The summed E-state index contributed by atoms with van der Waals surface area (Å²) < 4.78 is 3.00. The van der Waals surface area contributed by atoms with Crippen molar-refractivity contribution in [1.82, 2.24) is 9.38 Å². The number of rotatable bonds is 1. The van der Waals surface area contributed by atoms with Crippen molar-refractivity contribution < 1.29 is 0 Å². The molecule has 2 heterocycles. The van der Waals surface area contributed by atoms with Crippen LogP contribution in [0.25, 0.3) is 5.65 Å². The summed E-state index contributed by atoms with van der Waals surface area (Å²) in [6.07, 6.45) is 1.97. The van der Waals surface area contributed by atoms with Gasteiger partial charge in [-0.05, 0) is 40.5 Å². The van der Waals surface area contributed by atoms with Gasteiger partial charge in [0.2, 0.25) is 0 Å². The molecule has 0 amide bonds. The number of imidazole rings is 1. The Bertz CT molecular complexity index is 447. The zero-order valence-corrected chi connectivity index (χ0v) is 8.87. The molecule has 0 unspecified atom stereocenters. The van der Waals surface area contributed by atoms with Gasteiger partial charge in [0.25, 0.3) is 0 Å². The van der Waals surface area contributed by atoms with Crippen molar-refractivity contribution in [2.75, 3.05) is 0 Å². The van der Waals surface area contributed by atoms with Crippen LogP contribution in [0.1, 0.15) is 11.3 Å². The highest BCUT2D eigenvalue weighted by Gasteiger charge is 2.04. The maximum Gasteiger partial charge on any atom is 0.138 e. The van der Waals surface area contributed by atoms with Gasteiger partial charge in [0, 0.05) is 12.7 Å². The minimum atomic E-state index is 0.556. The summed E-state index contributed by atoms with van der Waals surface area (Å²) in [5.74, 6) is 0. The van der Waals surface area contributed by atoms with Crippen LogP contribution in [0.2, 0.25) is 0 Å². The number of hydrogen-bond donors (Lipinski definition) is 1. The lowest BCUT2D eigenvalue weighted by Gasteiger charge is -1.97. The monoisotopic (exact) mass is 239 g/mol. The average Bonchev–Trinajstić information content (AvgIpc) is 2.42. The predicted molar refractivity (Wildman–Crippen MR) is 55.5 cm³/mol. The zero-order chi connectivity index (χ0) is 9.42. The molecule has 2 N–H and O–H groups in total. The third-order valence-electron chi connectivity index (χ3n) is 2.03. The van der Waals surface area contributed by atoms with Gasteiger partial charge in [-0.3, -0.25) is 4.40 Å². The molecule has 2 rings (SSSR count). The first-order chi connectivity index (χ1) is 6.22. The van der Waals surface area contributed by atoms with Crippen molar-refractivity contribution in [2.24, 2.45) is 5.73 Å². The number of hydrogen-bond acceptors (Lipinski definition) is 2. The van der Waals surface area contributed by atoms with Crippen molar-refractivity contribution in [2.45, 2.75) is 13.5 Å². The summed E-state index contributed by atoms with van der Waals surface area (Å²) in [4.78, 5) is 4.38. The van der Waals surface area contributed by atoms with Gasteiger partial charge >= 0.3 is 0 Å². The fourth-order valence-corrected chi connectivity index (χ4v) is 1.69. The molecule has 2 aromatic rings. The van der Waals surface area contributed by atoms with E-state index in [1.54, 1.807) is 0 Å². The van der Waals surface area contributed by atoms with E-state index in [4.69, 9.17) is 5.73 Å². The van der Waals surface area contributed by atoms with Gasteiger partial charge in [-0.25, -0.2) is 4.98 Å². The van der Waals surface area contributed by atoms with Crippen LogP contribution >= 0.6 is 15.9 Å². The summed E-state index contributed by atoms with van der Waals surface area (Å²) in [6.45, 7) is 2.53. The van der Waals surface area contributed by atoms with Crippen molar-refractivity contribution in [1.29, 1.82) is 0 Å². The first-order valence-corrected chi connectivity index (χ1v) is 4.85. The molecule has 0 aliphatic heterocycles. The Kier molecular flexibility index (Phi) is 2.09. The molecule has 0 bridgehead atoms. The Hall–Kier alpha value is -0.870. The van der Waals surface area contributed by atoms with Gasteiger partial charge in [-0.1, -0.05) is 0 Å². The number of pyridine rings is 1. The van der Waals surface area contributed by atoms with Gasteiger partial charge in [0.05, 0.1) is 5.69 Å². The Morgan fingerprint density at radius 2 is 2.38 bits per heavy atom. The summed E-state index contributed by atoms with van der Waals surface area (Å²) in [6, 6.07) is 4.00. The minimum Gasteiger partial charge on any atom is -0.326 e. The molecule has 0 aliphatic rings. The molecular weight excluding hydrogens is 230 g/mol. The Morgan fingerprint density at radius 1 is 1.62 bits per heavy atom. The van der Waals surface area contributed by atoms with Gasteiger partial charge in [-0.2, -0.15) is 0 Å². The second kappa shape index (κ2) is 3.12. The first kappa shape index (κ1) is 8.72. The molecule has 4 heteroatoms. The van der Waals surface area contributed by atoms with E-state index >= 15 is 0 Å². The fourth-order valence-electron chi connectivity index (χ4n) is 1.30. The minimum absolute atomic E-state index is 0.556. The number of nitrogens with two attached hydrogens (primary N) is 1. The Morgan fingerprint density at radius 3 is 3.08 bits per heavy atom. The van der Waals surface area contributed by atoms with Crippen LogP contribution in [-0.2, 0) is 6.54 Å². The molecule has 0 aromatic carbocycles. The normalized spacial score (nSPS) is 11.0. The van der Waals surface area contributed by atoms with Crippen LogP contribution in [0.4, 0.5) is 0 Å². The van der Waals surface area contributed by atoms with Crippen LogP contribution < -0.4 is 5.73 Å². The number of aromatic nitrogens is 2. The van der Waals surface area contributed by atoms with Crippen molar-refractivity contribution in [3.63, 3.8) is 0 Å². The van der Waals surface area contributed by atoms with Gasteiger partial charge in [0.1, 0.15) is 10.3 Å². The molecule has 0 aliphatic carbocycles. The molecule has 0 saturated carbocycles. The lowest BCUT2D eigenvalue weighted by molar-refractivity contribution is 1.04. The van der Waals surface area contributed by atoms with E-state index in [-0.39, 0.29) is 0 Å². The lowest BCUT2D eigenvalue weighted by atomic mass is 10.3. The van der Waals surface area contributed by atoms with Gasteiger partial charge < -0.3 is 5.73 Å². The predicted octanol–water partition coefficient (Wildman–Crippen LogP) is 1.86. The molecule has 13 heavy (non-hydrogen) atoms. The zero-order valence-electron chi connectivity index (χ0n) is 7.29. The highest BCUT2D eigenvalue weighted by atomic mass is 79.9. The summed E-state index contributed by atoms with van der Waals surface area (Å²) in [5.41, 5.74) is 8.57. The fraction of sp³-hybridized carbons (Fsp3) is 0.222. The lowest BCUT2D eigenvalue weighted by Crippen LogP contribution is -1.97. The third kappa shape index (κ3) is 1.36. The van der Waals surface area contributed by atoms with Crippen LogP contribution in [0.3, 0.4) is 0 Å². The van der Waals surface area contributed by atoms with Crippen molar-refractivity contribution >= 4 is 21.6 Å². The maximum atomic E-state index is 5.54. The summed E-state index contributed by atoms with van der Waals surface area (Å²) >= 11 is 3.47. The smallest absolute Gasteiger partial charge is 0.138 e. The first-order valence-electron chi connectivity index (χ1n) is 4.05. The number of fused-ring (bicyclic) bond motifs is 1. The van der Waals surface area contributed by atoms with Gasteiger partial charge in [-0.15, -0.1) is 0 Å². The number of nitrogens with zero attached hydrogens (tertiary/aromatic N) is 2. The van der Waals surface area contributed by atoms with Crippen molar-refractivity contribution in [3.05, 3.63) is 34.2 Å². The van der Waals surface area contributed by atoms with E-state index in [1.807, 2.05) is 29.7 Å². The van der Waals surface area contributed by atoms with E-state index in [2.05, 4.69) is 20.9 Å². The topological polar surface area (TPSA) is 43.3 Å². The van der Waals surface area contributed by atoms with Crippen LogP contribution in [0.5, 0.6) is 0 Å². The van der Waals surface area contributed by atoms with Crippen molar-refractivity contribution in [3.8, 4) is 0 Å². The molecule has 0 fully saturated rings. The standard InChI is InChI=1S/C9H10BrN3/c1-6-9(10)13-3-2-7(5-11)4-8(13)12-6/h2-4H,5,11H2,1H3. The molecule has 68 valence electrons. The van der Waals surface area contributed by atoms with E-state index in [9.17, 15) is 0 Å². The quantitative estimate of drug-likeness (QED) is 0.826. The molecular formula is C9H10BrN3. The molecule has 2 aromatic heterocycles. The van der Waals surface area contributed by atoms with E-state index in [0.29, 0.717) is 6.54 Å². The van der Waals surface area contributed by atoms with E-state index in [0.717, 1.165) is 21.5 Å². The van der Waals surface area contributed by atoms with Crippen LogP contribution in [0, 0.1) is 6.92 Å². The van der Waals surface area contributed by atoms with Crippen LogP contribution in [0.15, 0.2) is 22.9 Å². The summed E-state index contributed by atoms with van der Waals surface area (Å²) in [5, 5.41) is 0. The Balaban J connectivity index is 2.73. The largest absolute Gasteiger partial charge is 0.326 e. The maximum absolute atomic E-state index is 5.54.